The predicted molar refractivity (Wildman–Crippen MR) is 77.1 cm³/mol. The van der Waals surface area contributed by atoms with Crippen molar-refractivity contribution in [2.75, 3.05) is 39.6 Å². The van der Waals surface area contributed by atoms with E-state index >= 15 is 0 Å². The lowest BCUT2D eigenvalue weighted by atomic mass is 10.0. The highest BCUT2D eigenvalue weighted by Gasteiger charge is 2.39. The van der Waals surface area contributed by atoms with Crippen LogP contribution >= 0.6 is 0 Å². The van der Waals surface area contributed by atoms with Crippen molar-refractivity contribution in [2.24, 2.45) is 0 Å². The van der Waals surface area contributed by atoms with Gasteiger partial charge in [-0.25, -0.2) is 4.39 Å². The van der Waals surface area contributed by atoms with Crippen LogP contribution in [0.5, 0.6) is 5.75 Å². The maximum absolute atomic E-state index is 12.0. The van der Waals surface area contributed by atoms with Crippen molar-refractivity contribution in [2.45, 2.75) is 25.2 Å². The Bertz CT molecular complexity index is 435. The van der Waals surface area contributed by atoms with Gasteiger partial charge < -0.3 is 14.2 Å². The van der Waals surface area contributed by atoms with Gasteiger partial charge in [0, 0.05) is 32.5 Å². The zero-order chi connectivity index (χ0) is 14.5. The Morgan fingerprint density at radius 1 is 1.10 bits per heavy atom. The molecule has 0 bridgehead atoms. The molecule has 0 atom stereocenters. The van der Waals surface area contributed by atoms with Crippen molar-refractivity contribution in [3.05, 3.63) is 29.8 Å². The number of ether oxygens (including phenoxy) is 3. The van der Waals surface area contributed by atoms with Gasteiger partial charge in [0.1, 0.15) is 19.0 Å². The largest absolute Gasteiger partial charge is 0.491 e. The maximum atomic E-state index is 12.0. The third kappa shape index (κ3) is 3.73. The van der Waals surface area contributed by atoms with E-state index in [1.165, 1.54) is 5.56 Å². The first-order chi connectivity index (χ1) is 10.3. The van der Waals surface area contributed by atoms with Crippen molar-refractivity contribution < 1.29 is 18.6 Å². The molecule has 0 amide bonds. The van der Waals surface area contributed by atoms with Gasteiger partial charge in [-0.05, 0) is 17.7 Å². The highest BCUT2D eigenvalue weighted by Crippen LogP contribution is 2.31. The summed E-state index contributed by atoms with van der Waals surface area (Å²) in [6, 6.07) is 7.89. The summed E-state index contributed by atoms with van der Waals surface area (Å²) < 4.78 is 28.8. The maximum Gasteiger partial charge on any atom is 0.170 e. The van der Waals surface area contributed by atoms with Crippen LogP contribution in [0, 0.1) is 0 Å². The fourth-order valence-corrected chi connectivity index (χ4v) is 2.94. The first kappa shape index (κ1) is 14.8. The third-order valence-corrected chi connectivity index (χ3v) is 4.11. The molecule has 116 valence electrons. The number of piperidine rings is 1. The van der Waals surface area contributed by atoms with Crippen LogP contribution in [0.4, 0.5) is 4.39 Å². The summed E-state index contributed by atoms with van der Waals surface area (Å²) in [7, 11) is 0. The molecule has 0 unspecified atom stereocenters. The molecule has 21 heavy (non-hydrogen) atoms. The summed E-state index contributed by atoms with van der Waals surface area (Å²) in [6.07, 6.45) is 1.87. The second-order valence-corrected chi connectivity index (χ2v) is 5.57. The molecule has 3 rings (SSSR count). The van der Waals surface area contributed by atoms with Gasteiger partial charge in [0.05, 0.1) is 13.2 Å². The Labute approximate surface area is 124 Å². The van der Waals surface area contributed by atoms with Gasteiger partial charge in [0.25, 0.3) is 0 Å². The predicted octanol–water partition coefficient (Wildman–Crippen LogP) is 2.37. The first-order valence-corrected chi connectivity index (χ1v) is 7.58. The van der Waals surface area contributed by atoms with Crippen LogP contribution in [0.2, 0.25) is 0 Å². The zero-order valence-electron chi connectivity index (χ0n) is 12.2. The molecule has 0 saturated carbocycles. The van der Waals surface area contributed by atoms with E-state index in [0.717, 1.165) is 51.4 Å². The minimum Gasteiger partial charge on any atom is -0.491 e. The van der Waals surface area contributed by atoms with Crippen molar-refractivity contribution in [1.29, 1.82) is 0 Å². The lowest BCUT2D eigenvalue weighted by molar-refractivity contribution is -0.185. The van der Waals surface area contributed by atoms with Gasteiger partial charge in [-0.3, -0.25) is 4.90 Å². The van der Waals surface area contributed by atoms with E-state index in [2.05, 4.69) is 4.90 Å². The molecule has 2 aliphatic rings. The van der Waals surface area contributed by atoms with Gasteiger partial charge in [-0.15, -0.1) is 0 Å². The fraction of sp³-hybridized carbons (Fsp3) is 0.625. The number of nitrogens with zero attached hydrogens (tertiary/aromatic N) is 1. The van der Waals surface area contributed by atoms with E-state index in [4.69, 9.17) is 14.2 Å². The van der Waals surface area contributed by atoms with Crippen LogP contribution in [-0.4, -0.2) is 50.3 Å². The Kier molecular flexibility index (Phi) is 4.73. The van der Waals surface area contributed by atoms with Gasteiger partial charge in [0.2, 0.25) is 0 Å². The number of halogens is 1. The molecular formula is C16H22FNO3. The average molecular weight is 295 g/mol. The Morgan fingerprint density at radius 2 is 1.76 bits per heavy atom. The Balaban J connectivity index is 1.48. The number of hydrogen-bond acceptors (Lipinski definition) is 4. The molecule has 2 heterocycles. The van der Waals surface area contributed by atoms with E-state index in [9.17, 15) is 4.39 Å². The molecular weight excluding hydrogens is 273 g/mol. The molecule has 2 aliphatic heterocycles. The van der Waals surface area contributed by atoms with Crippen LogP contribution in [0.3, 0.4) is 0 Å². The standard InChI is InChI=1S/C16H22FNO3/c17-7-10-19-15-3-1-14(2-4-15)13-18-8-5-16(6-9-18)20-11-12-21-16/h1-4H,5-13H2. The molecule has 1 spiro atoms. The van der Waals surface area contributed by atoms with Gasteiger partial charge in [0.15, 0.2) is 5.79 Å². The normalized spacial score (nSPS) is 21.8. The molecule has 1 aromatic rings. The molecule has 2 saturated heterocycles. The van der Waals surface area contributed by atoms with Gasteiger partial charge >= 0.3 is 0 Å². The quantitative estimate of drug-likeness (QED) is 0.834. The lowest BCUT2D eigenvalue weighted by Gasteiger charge is -2.37. The minimum absolute atomic E-state index is 0.119. The average Bonchev–Trinajstić information content (AvgIpc) is 2.98. The molecule has 5 heteroatoms. The number of hydrogen-bond donors (Lipinski definition) is 0. The van der Waals surface area contributed by atoms with Crippen molar-refractivity contribution in [3.8, 4) is 5.75 Å². The number of likely N-dealkylation sites (tertiary alicyclic amines) is 1. The van der Waals surface area contributed by atoms with E-state index in [1.54, 1.807) is 0 Å². The van der Waals surface area contributed by atoms with Gasteiger partial charge in [-0.2, -0.15) is 0 Å². The van der Waals surface area contributed by atoms with Crippen molar-refractivity contribution in [3.63, 3.8) is 0 Å². The summed E-state index contributed by atoms with van der Waals surface area (Å²) in [5.41, 5.74) is 1.24. The molecule has 1 aromatic carbocycles. The van der Waals surface area contributed by atoms with Crippen molar-refractivity contribution >= 4 is 0 Å². The second kappa shape index (κ2) is 6.73. The fourth-order valence-electron chi connectivity index (χ4n) is 2.94. The number of alkyl halides is 1. The number of benzene rings is 1. The highest BCUT2D eigenvalue weighted by atomic mass is 19.1. The van der Waals surface area contributed by atoms with Crippen LogP contribution < -0.4 is 4.74 Å². The Morgan fingerprint density at radius 3 is 2.38 bits per heavy atom. The summed E-state index contributed by atoms with van der Waals surface area (Å²) in [4.78, 5) is 2.41. The first-order valence-electron chi connectivity index (χ1n) is 7.58. The highest BCUT2D eigenvalue weighted by molar-refractivity contribution is 5.27. The number of rotatable bonds is 5. The van der Waals surface area contributed by atoms with Gasteiger partial charge in [-0.1, -0.05) is 12.1 Å². The zero-order valence-corrected chi connectivity index (χ0v) is 12.2. The summed E-state index contributed by atoms with van der Waals surface area (Å²) >= 11 is 0. The summed E-state index contributed by atoms with van der Waals surface area (Å²) in [5, 5.41) is 0. The smallest absolute Gasteiger partial charge is 0.170 e. The SMILES string of the molecule is FCCOc1ccc(CN2CCC3(CC2)OCCO3)cc1. The van der Waals surface area contributed by atoms with E-state index in [0.29, 0.717) is 0 Å². The minimum atomic E-state index is -0.457. The van der Waals surface area contributed by atoms with Crippen LogP contribution in [0.15, 0.2) is 24.3 Å². The molecule has 0 aromatic heterocycles. The molecule has 2 fully saturated rings. The van der Waals surface area contributed by atoms with Crippen LogP contribution in [0.1, 0.15) is 18.4 Å². The monoisotopic (exact) mass is 295 g/mol. The lowest BCUT2D eigenvalue weighted by Crippen LogP contribution is -2.44. The van der Waals surface area contributed by atoms with E-state index in [-0.39, 0.29) is 12.4 Å². The Hall–Kier alpha value is -1.17. The molecule has 4 nitrogen and oxygen atoms in total. The van der Waals surface area contributed by atoms with E-state index in [1.807, 2.05) is 24.3 Å². The summed E-state index contributed by atoms with van der Waals surface area (Å²) in [5.74, 6) is 0.419. The van der Waals surface area contributed by atoms with Crippen molar-refractivity contribution in [1.82, 2.24) is 4.90 Å². The molecule has 0 radical (unpaired) electrons. The molecule has 0 N–H and O–H groups in total. The summed E-state index contributed by atoms with van der Waals surface area (Å²) in [6.45, 7) is 4.00. The topological polar surface area (TPSA) is 30.9 Å². The second-order valence-electron chi connectivity index (χ2n) is 5.57. The van der Waals surface area contributed by atoms with Crippen LogP contribution in [-0.2, 0) is 16.0 Å². The third-order valence-electron chi connectivity index (χ3n) is 4.11. The van der Waals surface area contributed by atoms with E-state index < -0.39 is 6.67 Å². The van der Waals surface area contributed by atoms with Crippen LogP contribution in [0.25, 0.3) is 0 Å². The molecule has 0 aliphatic carbocycles.